The molecule has 7 nitrogen and oxygen atoms in total. The van der Waals surface area contributed by atoms with Crippen LogP contribution < -0.4 is 10.5 Å². The SMILES string of the molecule is O=c1c2c(N3CCS(=O)(=O)CC3)cccc2cnn1CCc1ccc2ccccc2n1. The highest BCUT2D eigenvalue weighted by Gasteiger charge is 2.23. The van der Waals surface area contributed by atoms with Gasteiger partial charge in [0.2, 0.25) is 0 Å². The highest BCUT2D eigenvalue weighted by molar-refractivity contribution is 7.91. The summed E-state index contributed by atoms with van der Waals surface area (Å²) in [6.07, 6.45) is 2.29. The van der Waals surface area contributed by atoms with E-state index in [4.69, 9.17) is 0 Å². The predicted molar refractivity (Wildman–Crippen MR) is 122 cm³/mol. The number of sulfone groups is 1. The van der Waals surface area contributed by atoms with Crippen molar-refractivity contribution in [2.24, 2.45) is 0 Å². The Bertz CT molecular complexity index is 1430. The molecule has 0 aliphatic carbocycles. The lowest BCUT2D eigenvalue weighted by Gasteiger charge is -2.29. The summed E-state index contributed by atoms with van der Waals surface area (Å²) in [5, 5.41) is 6.79. The fraction of sp³-hybridized carbons (Fsp3) is 0.261. The van der Waals surface area contributed by atoms with Crippen LogP contribution in [0.2, 0.25) is 0 Å². The first-order valence-corrected chi connectivity index (χ1v) is 12.1. The van der Waals surface area contributed by atoms with E-state index in [0.29, 0.717) is 31.4 Å². The number of hydrogen-bond acceptors (Lipinski definition) is 6. The molecule has 1 fully saturated rings. The lowest BCUT2D eigenvalue weighted by Crippen LogP contribution is -2.41. The van der Waals surface area contributed by atoms with Crippen LogP contribution in [0.15, 0.2) is 65.6 Å². The topological polar surface area (TPSA) is 85.2 Å². The molecule has 0 unspecified atom stereocenters. The maximum absolute atomic E-state index is 13.3. The Balaban J connectivity index is 1.45. The van der Waals surface area contributed by atoms with Gasteiger partial charge in [-0.25, -0.2) is 13.1 Å². The summed E-state index contributed by atoms with van der Waals surface area (Å²) in [4.78, 5) is 20.0. The van der Waals surface area contributed by atoms with Crippen molar-refractivity contribution >= 4 is 37.2 Å². The molecule has 0 atom stereocenters. The van der Waals surface area contributed by atoms with E-state index < -0.39 is 9.84 Å². The third kappa shape index (κ3) is 3.90. The van der Waals surface area contributed by atoms with Gasteiger partial charge in [-0.1, -0.05) is 36.4 Å². The van der Waals surface area contributed by atoms with Gasteiger partial charge in [-0.2, -0.15) is 5.10 Å². The largest absolute Gasteiger partial charge is 0.369 e. The second kappa shape index (κ2) is 7.77. The maximum Gasteiger partial charge on any atom is 0.276 e. The summed E-state index contributed by atoms with van der Waals surface area (Å²) in [5.74, 6) is 0.215. The average Bonchev–Trinajstić information content (AvgIpc) is 2.78. The van der Waals surface area contributed by atoms with Crippen molar-refractivity contribution < 1.29 is 8.42 Å². The van der Waals surface area contributed by atoms with Gasteiger partial charge in [0, 0.05) is 36.0 Å². The molecule has 158 valence electrons. The van der Waals surface area contributed by atoms with Crippen LogP contribution in [0.5, 0.6) is 0 Å². The lowest BCUT2D eigenvalue weighted by molar-refractivity contribution is 0.579. The number of aryl methyl sites for hydroxylation is 2. The van der Waals surface area contributed by atoms with E-state index in [2.05, 4.69) is 10.1 Å². The van der Waals surface area contributed by atoms with Crippen molar-refractivity contribution in [3.8, 4) is 0 Å². The summed E-state index contributed by atoms with van der Waals surface area (Å²) < 4.78 is 25.1. The van der Waals surface area contributed by atoms with Gasteiger partial charge in [0.15, 0.2) is 9.84 Å². The van der Waals surface area contributed by atoms with Gasteiger partial charge < -0.3 is 4.90 Å². The zero-order valence-corrected chi connectivity index (χ0v) is 17.8. The first-order chi connectivity index (χ1) is 15.0. The zero-order valence-electron chi connectivity index (χ0n) is 16.9. The Morgan fingerprint density at radius 3 is 2.52 bits per heavy atom. The Kier molecular flexibility index (Phi) is 4.94. The van der Waals surface area contributed by atoms with Gasteiger partial charge in [0.05, 0.1) is 40.8 Å². The molecule has 2 aromatic carbocycles. The molecule has 8 heteroatoms. The number of nitrogens with zero attached hydrogens (tertiary/aromatic N) is 4. The summed E-state index contributed by atoms with van der Waals surface area (Å²) in [6.45, 7) is 1.21. The predicted octanol–water partition coefficient (Wildman–Crippen LogP) is 2.42. The number of aromatic nitrogens is 3. The third-order valence-corrected chi connectivity index (χ3v) is 7.39. The number of rotatable bonds is 4. The average molecular weight is 435 g/mol. The first kappa shape index (κ1) is 19.7. The fourth-order valence-corrected chi connectivity index (χ4v) is 5.26. The normalized spacial score (nSPS) is 16.1. The number of pyridine rings is 1. The fourth-order valence-electron chi connectivity index (χ4n) is 4.06. The molecule has 0 spiro atoms. The molecular formula is C23H22N4O3S. The van der Waals surface area contributed by atoms with Crippen molar-refractivity contribution in [2.45, 2.75) is 13.0 Å². The number of benzene rings is 2. The molecule has 0 amide bonds. The number of fused-ring (bicyclic) bond motifs is 2. The highest BCUT2D eigenvalue weighted by atomic mass is 32.2. The smallest absolute Gasteiger partial charge is 0.276 e. The second-order valence-corrected chi connectivity index (χ2v) is 10.1. The van der Waals surface area contributed by atoms with Crippen LogP contribution in [0, 0.1) is 0 Å². The summed E-state index contributed by atoms with van der Waals surface area (Å²) in [5.41, 5.74) is 2.45. The Labute approximate surface area is 179 Å². The van der Waals surface area contributed by atoms with Gasteiger partial charge in [-0.05, 0) is 18.2 Å². The van der Waals surface area contributed by atoms with Crippen molar-refractivity contribution in [3.63, 3.8) is 0 Å². The molecule has 0 saturated carbocycles. The van der Waals surface area contributed by atoms with Crippen molar-refractivity contribution in [1.29, 1.82) is 0 Å². The van der Waals surface area contributed by atoms with Crippen LogP contribution in [0.25, 0.3) is 21.7 Å². The van der Waals surface area contributed by atoms with Crippen LogP contribution >= 0.6 is 0 Å². The number of hydrogen-bond donors (Lipinski definition) is 0. The van der Waals surface area contributed by atoms with Crippen LogP contribution in [0.4, 0.5) is 5.69 Å². The van der Waals surface area contributed by atoms with E-state index in [1.165, 1.54) is 4.68 Å². The zero-order chi connectivity index (χ0) is 21.4. The minimum absolute atomic E-state index is 0.107. The molecule has 5 rings (SSSR count). The van der Waals surface area contributed by atoms with Crippen molar-refractivity contribution in [1.82, 2.24) is 14.8 Å². The molecular weight excluding hydrogens is 412 g/mol. The standard InChI is InChI=1S/C23H22N4O3S/c28-23-22-18(5-3-7-21(22)26-12-14-31(29,30)15-13-26)16-24-27(23)11-10-19-9-8-17-4-1-2-6-20(17)25-19/h1-9,16H,10-15H2. The third-order valence-electron chi connectivity index (χ3n) is 5.78. The molecule has 0 bridgehead atoms. The minimum atomic E-state index is -2.99. The Morgan fingerprint density at radius 1 is 0.903 bits per heavy atom. The van der Waals surface area contributed by atoms with Gasteiger partial charge >= 0.3 is 0 Å². The van der Waals surface area contributed by atoms with E-state index in [1.807, 2.05) is 59.5 Å². The van der Waals surface area contributed by atoms with Gasteiger partial charge in [0.1, 0.15) is 0 Å². The molecule has 31 heavy (non-hydrogen) atoms. The number of anilines is 1. The van der Waals surface area contributed by atoms with Crippen LogP contribution in [0.3, 0.4) is 0 Å². The van der Waals surface area contributed by atoms with Crippen molar-refractivity contribution in [3.05, 3.63) is 76.8 Å². The van der Waals surface area contributed by atoms with Gasteiger partial charge in [-0.3, -0.25) is 9.78 Å². The minimum Gasteiger partial charge on any atom is -0.369 e. The molecule has 1 saturated heterocycles. The van der Waals surface area contributed by atoms with E-state index in [-0.39, 0.29) is 17.1 Å². The molecule has 3 heterocycles. The van der Waals surface area contributed by atoms with Crippen molar-refractivity contribution in [2.75, 3.05) is 29.5 Å². The summed E-state index contributed by atoms with van der Waals surface area (Å²) >= 11 is 0. The Morgan fingerprint density at radius 2 is 1.68 bits per heavy atom. The van der Waals surface area contributed by atoms with E-state index in [0.717, 1.165) is 27.7 Å². The second-order valence-electron chi connectivity index (χ2n) is 7.80. The van der Waals surface area contributed by atoms with Crippen LogP contribution in [0.1, 0.15) is 5.69 Å². The van der Waals surface area contributed by atoms with E-state index >= 15 is 0 Å². The number of para-hydroxylation sites is 1. The molecule has 1 aliphatic rings. The molecule has 2 aromatic heterocycles. The quantitative estimate of drug-likeness (QED) is 0.490. The monoisotopic (exact) mass is 434 g/mol. The molecule has 4 aromatic rings. The summed E-state index contributed by atoms with van der Waals surface area (Å²) in [7, 11) is -2.99. The van der Waals surface area contributed by atoms with E-state index in [9.17, 15) is 13.2 Å². The highest BCUT2D eigenvalue weighted by Crippen LogP contribution is 2.25. The first-order valence-electron chi connectivity index (χ1n) is 10.3. The summed E-state index contributed by atoms with van der Waals surface area (Å²) in [6, 6.07) is 17.6. The molecule has 0 radical (unpaired) electrons. The van der Waals surface area contributed by atoms with Gasteiger partial charge in [-0.15, -0.1) is 0 Å². The van der Waals surface area contributed by atoms with Crippen LogP contribution in [-0.2, 0) is 22.8 Å². The van der Waals surface area contributed by atoms with E-state index in [1.54, 1.807) is 6.20 Å². The maximum atomic E-state index is 13.3. The molecule has 1 aliphatic heterocycles. The Hall–Kier alpha value is -3.26. The van der Waals surface area contributed by atoms with Gasteiger partial charge in [0.25, 0.3) is 5.56 Å². The lowest BCUT2D eigenvalue weighted by atomic mass is 10.1. The molecule has 0 N–H and O–H groups in total. The van der Waals surface area contributed by atoms with Crippen LogP contribution in [-0.4, -0.2) is 47.8 Å².